The summed E-state index contributed by atoms with van der Waals surface area (Å²) in [6, 6.07) is 32.5. The van der Waals surface area contributed by atoms with Crippen molar-refractivity contribution >= 4 is 18.5 Å². The van der Waals surface area contributed by atoms with Gasteiger partial charge in [0.25, 0.3) is 0 Å². The minimum absolute atomic E-state index is 0.136. The predicted octanol–water partition coefficient (Wildman–Crippen LogP) is 4.08. The Hall–Kier alpha value is -1.95. The van der Waals surface area contributed by atoms with Gasteiger partial charge in [-0.2, -0.15) is 0 Å². The van der Waals surface area contributed by atoms with E-state index in [4.69, 9.17) is 5.73 Å². The molecule has 24 heavy (non-hydrogen) atoms. The van der Waals surface area contributed by atoms with Gasteiger partial charge in [0.15, 0.2) is 0 Å². The fourth-order valence-electron chi connectivity index (χ4n) is 3.08. The van der Waals surface area contributed by atoms with Crippen LogP contribution in [0, 0.1) is 0 Å². The van der Waals surface area contributed by atoms with Gasteiger partial charge in [-0.3, -0.25) is 0 Å². The van der Waals surface area contributed by atoms with E-state index in [-0.39, 0.29) is 6.04 Å². The second-order valence-electron chi connectivity index (χ2n) is 6.16. The van der Waals surface area contributed by atoms with Crippen molar-refractivity contribution in [1.29, 1.82) is 0 Å². The maximum atomic E-state index is 6.48. The number of benzene rings is 3. The average molecular weight is 333 g/mol. The predicted molar refractivity (Wildman–Crippen MR) is 107 cm³/mol. The van der Waals surface area contributed by atoms with Gasteiger partial charge in [-0.05, 0) is 37.4 Å². The van der Waals surface area contributed by atoms with Gasteiger partial charge < -0.3 is 5.73 Å². The molecule has 1 nitrogen and oxygen atoms in total. The summed E-state index contributed by atoms with van der Waals surface area (Å²) in [4.78, 5) is 0. The van der Waals surface area contributed by atoms with Gasteiger partial charge in [0.2, 0.25) is 0 Å². The van der Waals surface area contributed by atoms with Gasteiger partial charge in [0.1, 0.15) is 0 Å². The van der Waals surface area contributed by atoms with Crippen LogP contribution in [0.2, 0.25) is 0 Å². The number of hydrogen-bond acceptors (Lipinski definition) is 1. The summed E-state index contributed by atoms with van der Waals surface area (Å²) in [7, 11) is -0.502. The van der Waals surface area contributed by atoms with Crippen molar-refractivity contribution in [3.05, 3.63) is 96.6 Å². The number of nitrogens with two attached hydrogens (primary N) is 1. The molecule has 0 aliphatic heterocycles. The molecule has 3 rings (SSSR count). The van der Waals surface area contributed by atoms with Crippen molar-refractivity contribution in [3.63, 3.8) is 0 Å². The van der Waals surface area contributed by atoms with Crippen molar-refractivity contribution < 1.29 is 0 Å². The highest BCUT2D eigenvalue weighted by atomic mass is 31.1. The molecule has 3 aromatic carbocycles. The topological polar surface area (TPSA) is 26.0 Å². The second-order valence-corrected chi connectivity index (χ2v) is 8.59. The van der Waals surface area contributed by atoms with E-state index in [2.05, 4.69) is 97.9 Å². The van der Waals surface area contributed by atoms with Gasteiger partial charge in [-0.15, -0.1) is 0 Å². The molecule has 0 unspecified atom stereocenters. The smallest absolute Gasteiger partial charge is 0.00874 e. The molecule has 2 atom stereocenters. The van der Waals surface area contributed by atoms with E-state index in [1.807, 2.05) is 0 Å². The lowest BCUT2D eigenvalue weighted by Crippen LogP contribution is -2.37. The molecule has 0 fully saturated rings. The zero-order chi connectivity index (χ0) is 16.8. The zero-order valence-corrected chi connectivity index (χ0v) is 14.9. The highest BCUT2D eigenvalue weighted by Gasteiger charge is 2.27. The van der Waals surface area contributed by atoms with E-state index in [9.17, 15) is 0 Å². The van der Waals surface area contributed by atoms with E-state index in [1.165, 1.54) is 16.2 Å². The van der Waals surface area contributed by atoms with Crippen LogP contribution < -0.4 is 16.3 Å². The summed E-state index contributed by atoms with van der Waals surface area (Å²) in [5.41, 5.74) is 8.25. The fourth-order valence-corrected chi connectivity index (χ4v) is 5.99. The molecule has 2 N–H and O–H groups in total. The molecule has 0 heterocycles. The Labute approximate surface area is 146 Å². The fraction of sp³-hybridized carbons (Fsp3) is 0.182. The van der Waals surface area contributed by atoms with Gasteiger partial charge in [-0.1, -0.05) is 91.0 Å². The molecule has 0 aromatic heterocycles. The maximum absolute atomic E-state index is 6.48. The SMILES string of the molecule is C[C@@H](N)[C@@H](Cc1ccccc1)P(c1ccccc1)c1ccccc1. The van der Waals surface area contributed by atoms with E-state index in [1.54, 1.807) is 0 Å². The second kappa shape index (κ2) is 8.24. The first-order valence-electron chi connectivity index (χ1n) is 8.44. The monoisotopic (exact) mass is 333 g/mol. The van der Waals surface area contributed by atoms with Crippen LogP contribution in [-0.2, 0) is 6.42 Å². The Morgan fingerprint density at radius 2 is 1.12 bits per heavy atom. The number of hydrogen-bond donors (Lipinski definition) is 1. The van der Waals surface area contributed by atoms with Crippen molar-refractivity contribution in [3.8, 4) is 0 Å². The van der Waals surface area contributed by atoms with Crippen molar-refractivity contribution in [1.82, 2.24) is 0 Å². The highest BCUT2D eigenvalue weighted by molar-refractivity contribution is 7.73. The third kappa shape index (κ3) is 4.12. The van der Waals surface area contributed by atoms with E-state index in [0.717, 1.165) is 6.42 Å². The molecule has 0 aliphatic carbocycles. The van der Waals surface area contributed by atoms with Gasteiger partial charge >= 0.3 is 0 Å². The first-order chi connectivity index (χ1) is 11.8. The van der Waals surface area contributed by atoms with E-state index < -0.39 is 7.92 Å². The summed E-state index contributed by atoms with van der Waals surface area (Å²) >= 11 is 0. The molecule has 2 heteroatoms. The van der Waals surface area contributed by atoms with Crippen LogP contribution in [0.25, 0.3) is 0 Å². The molecule has 0 spiro atoms. The molecule has 0 radical (unpaired) electrons. The van der Waals surface area contributed by atoms with Crippen LogP contribution in [0.1, 0.15) is 12.5 Å². The highest BCUT2D eigenvalue weighted by Crippen LogP contribution is 2.42. The molecule has 0 amide bonds. The molecule has 122 valence electrons. The van der Waals surface area contributed by atoms with Crippen molar-refractivity contribution in [2.45, 2.75) is 25.0 Å². The van der Waals surface area contributed by atoms with Gasteiger partial charge in [0.05, 0.1) is 0 Å². The standard InChI is InChI=1S/C22H24NP/c1-18(23)22(17-19-11-5-2-6-12-19)24(20-13-7-3-8-14-20)21-15-9-4-10-16-21/h2-16,18,22H,17,23H2,1H3/t18-,22-/m1/s1. The molecule has 0 bridgehead atoms. The summed E-state index contributed by atoms with van der Waals surface area (Å²) in [5.74, 6) is 0. The van der Waals surface area contributed by atoms with Crippen LogP contribution in [-0.4, -0.2) is 11.7 Å². The van der Waals surface area contributed by atoms with E-state index >= 15 is 0 Å². The van der Waals surface area contributed by atoms with Crippen LogP contribution >= 0.6 is 7.92 Å². The Balaban J connectivity index is 2.01. The summed E-state index contributed by atoms with van der Waals surface area (Å²) in [6.45, 7) is 2.15. The van der Waals surface area contributed by atoms with Crippen LogP contribution in [0.15, 0.2) is 91.0 Å². The first-order valence-corrected chi connectivity index (χ1v) is 9.85. The Bertz CT molecular complexity index is 686. The molecule has 0 saturated heterocycles. The minimum Gasteiger partial charge on any atom is -0.327 e. The third-order valence-electron chi connectivity index (χ3n) is 4.29. The molecule has 0 aliphatic rings. The summed E-state index contributed by atoms with van der Waals surface area (Å²) in [6.07, 6.45) is 1.01. The van der Waals surface area contributed by atoms with Crippen LogP contribution in [0.5, 0.6) is 0 Å². The lowest BCUT2D eigenvalue weighted by Gasteiger charge is -2.31. The lowest BCUT2D eigenvalue weighted by molar-refractivity contribution is 0.678. The molecule has 3 aromatic rings. The van der Waals surface area contributed by atoms with Gasteiger partial charge in [-0.25, -0.2) is 0 Å². The third-order valence-corrected chi connectivity index (χ3v) is 7.32. The lowest BCUT2D eigenvalue weighted by atomic mass is 10.1. The maximum Gasteiger partial charge on any atom is 0.00874 e. The van der Waals surface area contributed by atoms with Crippen molar-refractivity contribution in [2.75, 3.05) is 0 Å². The zero-order valence-electron chi connectivity index (χ0n) is 14.0. The summed E-state index contributed by atoms with van der Waals surface area (Å²) < 4.78 is 0. The summed E-state index contributed by atoms with van der Waals surface area (Å²) in [5, 5.41) is 2.80. The normalized spacial score (nSPS) is 13.6. The Morgan fingerprint density at radius 3 is 1.54 bits per heavy atom. The largest absolute Gasteiger partial charge is 0.327 e. The van der Waals surface area contributed by atoms with Crippen molar-refractivity contribution in [2.24, 2.45) is 5.73 Å². The minimum atomic E-state index is -0.502. The van der Waals surface area contributed by atoms with Crippen LogP contribution in [0.3, 0.4) is 0 Å². The molecular formula is C22H24NP. The number of rotatable bonds is 6. The first kappa shape index (κ1) is 16.9. The van der Waals surface area contributed by atoms with E-state index in [0.29, 0.717) is 5.66 Å². The average Bonchev–Trinajstić information content (AvgIpc) is 2.64. The Kier molecular flexibility index (Phi) is 5.80. The van der Waals surface area contributed by atoms with Gasteiger partial charge in [0, 0.05) is 11.7 Å². The quantitative estimate of drug-likeness (QED) is 0.676. The Morgan fingerprint density at radius 1 is 0.708 bits per heavy atom. The molecular weight excluding hydrogens is 309 g/mol. The van der Waals surface area contributed by atoms with Crippen LogP contribution in [0.4, 0.5) is 0 Å². The molecule has 0 saturated carbocycles.